The summed E-state index contributed by atoms with van der Waals surface area (Å²) < 4.78 is 15.9. The van der Waals surface area contributed by atoms with Crippen LogP contribution >= 0.6 is 0 Å². The molecule has 0 aliphatic heterocycles. The quantitative estimate of drug-likeness (QED) is 0.600. The van der Waals surface area contributed by atoms with E-state index in [0.717, 1.165) is 11.1 Å². The first kappa shape index (κ1) is 16.6. The number of benzene rings is 2. The number of hydrogen-bond donors (Lipinski definition) is 0. The van der Waals surface area contributed by atoms with Gasteiger partial charge >= 0.3 is 5.97 Å². The lowest BCUT2D eigenvalue weighted by Gasteiger charge is -2.14. The minimum Gasteiger partial charge on any atom is -0.496 e. The third-order valence-electron chi connectivity index (χ3n) is 3.28. The van der Waals surface area contributed by atoms with Crippen LogP contribution in [0, 0.1) is 0 Å². The van der Waals surface area contributed by atoms with Crippen molar-refractivity contribution in [2.24, 2.45) is 0 Å². The Hall–Kier alpha value is -2.75. The van der Waals surface area contributed by atoms with Gasteiger partial charge in [-0.25, -0.2) is 0 Å². The molecule has 4 nitrogen and oxygen atoms in total. The number of allylic oxidation sites excluding steroid dienone is 1. The Morgan fingerprint density at radius 2 is 1.74 bits per heavy atom. The molecule has 23 heavy (non-hydrogen) atoms. The van der Waals surface area contributed by atoms with Gasteiger partial charge in [0.2, 0.25) is 0 Å². The van der Waals surface area contributed by atoms with E-state index in [1.54, 1.807) is 26.4 Å². The predicted octanol–water partition coefficient (Wildman–Crippen LogP) is 3.89. The zero-order chi connectivity index (χ0) is 16.7. The van der Waals surface area contributed by atoms with Crippen molar-refractivity contribution in [3.8, 4) is 17.2 Å². The Morgan fingerprint density at radius 3 is 2.35 bits per heavy atom. The number of rotatable bonds is 6. The van der Waals surface area contributed by atoms with Gasteiger partial charge in [-0.05, 0) is 12.0 Å². The van der Waals surface area contributed by atoms with Gasteiger partial charge in [-0.1, -0.05) is 42.5 Å². The van der Waals surface area contributed by atoms with Gasteiger partial charge in [0.15, 0.2) is 0 Å². The van der Waals surface area contributed by atoms with Crippen LogP contribution < -0.4 is 14.2 Å². The maximum Gasteiger partial charge on any atom is 0.308 e. The van der Waals surface area contributed by atoms with E-state index < -0.39 is 0 Å². The Bertz CT molecular complexity index is 690. The average Bonchev–Trinajstić information content (AvgIpc) is 2.56. The topological polar surface area (TPSA) is 44.8 Å². The van der Waals surface area contributed by atoms with E-state index in [2.05, 4.69) is 0 Å². The molecule has 0 unspecified atom stereocenters. The highest BCUT2D eigenvalue weighted by Crippen LogP contribution is 2.35. The standard InChI is InChI=1S/C19H20O4/c1-14(20)23-19-13-16(21-2)12-18(22-3)17(19)11-7-10-15-8-5-4-6-9-15/h4-10,12-13H,11H2,1-3H3/b10-7+. The Morgan fingerprint density at radius 1 is 1.04 bits per heavy atom. The predicted molar refractivity (Wildman–Crippen MR) is 90.0 cm³/mol. The summed E-state index contributed by atoms with van der Waals surface area (Å²) in [7, 11) is 3.14. The molecule has 0 radical (unpaired) electrons. The van der Waals surface area contributed by atoms with Gasteiger partial charge in [0.05, 0.1) is 14.2 Å². The Kier molecular flexibility index (Phi) is 5.80. The molecule has 2 aromatic carbocycles. The number of carbonyl (C=O) groups excluding carboxylic acids is 1. The summed E-state index contributed by atoms with van der Waals surface area (Å²) in [4.78, 5) is 11.3. The number of hydrogen-bond acceptors (Lipinski definition) is 4. The smallest absolute Gasteiger partial charge is 0.308 e. The zero-order valence-corrected chi connectivity index (χ0v) is 13.5. The van der Waals surface area contributed by atoms with E-state index >= 15 is 0 Å². The fourth-order valence-electron chi connectivity index (χ4n) is 2.22. The van der Waals surface area contributed by atoms with Crippen molar-refractivity contribution in [3.05, 3.63) is 59.7 Å². The Labute approximate surface area is 136 Å². The lowest BCUT2D eigenvalue weighted by atomic mass is 10.1. The number of carbonyl (C=O) groups is 1. The maximum atomic E-state index is 11.3. The molecule has 0 aliphatic carbocycles. The monoisotopic (exact) mass is 312 g/mol. The molecule has 120 valence electrons. The molecule has 0 aliphatic rings. The summed E-state index contributed by atoms with van der Waals surface area (Å²) >= 11 is 0. The minimum atomic E-state index is -0.381. The van der Waals surface area contributed by atoms with Crippen LogP contribution in [0.15, 0.2) is 48.5 Å². The molecule has 2 aromatic rings. The van der Waals surface area contributed by atoms with E-state index in [1.807, 2.05) is 42.5 Å². The summed E-state index contributed by atoms with van der Waals surface area (Å²) in [5, 5.41) is 0. The normalized spacial score (nSPS) is 10.6. The van der Waals surface area contributed by atoms with Gasteiger partial charge in [-0.15, -0.1) is 0 Å². The highest BCUT2D eigenvalue weighted by molar-refractivity contribution is 5.71. The highest BCUT2D eigenvalue weighted by Gasteiger charge is 2.14. The van der Waals surface area contributed by atoms with Gasteiger partial charge in [0, 0.05) is 24.6 Å². The highest BCUT2D eigenvalue weighted by atomic mass is 16.5. The van der Waals surface area contributed by atoms with E-state index in [-0.39, 0.29) is 5.97 Å². The molecular formula is C19H20O4. The third kappa shape index (κ3) is 4.61. The van der Waals surface area contributed by atoms with Crippen LogP contribution in [0.1, 0.15) is 18.1 Å². The Balaban J connectivity index is 2.31. The first-order valence-corrected chi connectivity index (χ1v) is 7.29. The number of ether oxygens (including phenoxy) is 3. The minimum absolute atomic E-state index is 0.381. The fraction of sp³-hybridized carbons (Fsp3) is 0.211. The summed E-state index contributed by atoms with van der Waals surface area (Å²) in [6.45, 7) is 1.37. The fourth-order valence-corrected chi connectivity index (χ4v) is 2.22. The summed E-state index contributed by atoms with van der Waals surface area (Å²) in [6, 6.07) is 13.5. The second kappa shape index (κ2) is 8.03. The SMILES string of the molecule is COc1cc(OC)c(C/C=C/c2ccccc2)c(OC(C)=O)c1. The van der Waals surface area contributed by atoms with Crippen LogP contribution in [0.5, 0.6) is 17.2 Å². The molecule has 0 heterocycles. The summed E-state index contributed by atoms with van der Waals surface area (Å²) in [5.74, 6) is 1.27. The molecule has 0 saturated carbocycles. The van der Waals surface area contributed by atoms with Crippen LogP contribution in [0.4, 0.5) is 0 Å². The molecule has 0 bridgehead atoms. The molecule has 0 N–H and O–H groups in total. The van der Waals surface area contributed by atoms with Crippen LogP contribution in [-0.2, 0) is 11.2 Å². The van der Waals surface area contributed by atoms with Crippen molar-refractivity contribution >= 4 is 12.0 Å². The molecule has 4 heteroatoms. The van der Waals surface area contributed by atoms with E-state index in [4.69, 9.17) is 14.2 Å². The van der Waals surface area contributed by atoms with Crippen molar-refractivity contribution in [2.75, 3.05) is 14.2 Å². The second-order valence-electron chi connectivity index (χ2n) is 4.92. The molecule has 0 amide bonds. The number of esters is 1. The van der Waals surface area contributed by atoms with E-state index in [0.29, 0.717) is 23.7 Å². The zero-order valence-electron chi connectivity index (χ0n) is 13.5. The van der Waals surface area contributed by atoms with Gasteiger partial charge in [-0.2, -0.15) is 0 Å². The molecule has 0 saturated heterocycles. The molecule has 0 aromatic heterocycles. The first-order chi connectivity index (χ1) is 11.1. The van der Waals surface area contributed by atoms with Crippen molar-refractivity contribution in [3.63, 3.8) is 0 Å². The second-order valence-corrected chi connectivity index (χ2v) is 4.92. The van der Waals surface area contributed by atoms with Crippen molar-refractivity contribution < 1.29 is 19.0 Å². The van der Waals surface area contributed by atoms with E-state index in [9.17, 15) is 4.79 Å². The van der Waals surface area contributed by atoms with Crippen LogP contribution in [0.3, 0.4) is 0 Å². The third-order valence-corrected chi connectivity index (χ3v) is 3.28. The van der Waals surface area contributed by atoms with Gasteiger partial charge in [0.1, 0.15) is 17.2 Å². The lowest BCUT2D eigenvalue weighted by Crippen LogP contribution is -2.05. The van der Waals surface area contributed by atoms with Crippen molar-refractivity contribution in [1.82, 2.24) is 0 Å². The van der Waals surface area contributed by atoms with Gasteiger partial charge in [0.25, 0.3) is 0 Å². The van der Waals surface area contributed by atoms with Crippen LogP contribution in [0.25, 0.3) is 6.08 Å². The molecule has 0 spiro atoms. The van der Waals surface area contributed by atoms with Crippen LogP contribution in [-0.4, -0.2) is 20.2 Å². The maximum absolute atomic E-state index is 11.3. The van der Waals surface area contributed by atoms with E-state index in [1.165, 1.54) is 6.92 Å². The average molecular weight is 312 g/mol. The van der Waals surface area contributed by atoms with Crippen molar-refractivity contribution in [2.45, 2.75) is 13.3 Å². The van der Waals surface area contributed by atoms with Gasteiger partial charge in [-0.3, -0.25) is 4.79 Å². The van der Waals surface area contributed by atoms with Crippen molar-refractivity contribution in [1.29, 1.82) is 0 Å². The number of methoxy groups -OCH3 is 2. The molecule has 0 fully saturated rings. The molecule has 2 rings (SSSR count). The molecule has 0 atom stereocenters. The first-order valence-electron chi connectivity index (χ1n) is 7.29. The molecular weight excluding hydrogens is 292 g/mol. The largest absolute Gasteiger partial charge is 0.496 e. The van der Waals surface area contributed by atoms with Crippen LogP contribution in [0.2, 0.25) is 0 Å². The lowest BCUT2D eigenvalue weighted by molar-refractivity contribution is -0.131. The summed E-state index contributed by atoms with van der Waals surface area (Å²) in [5.41, 5.74) is 1.91. The summed E-state index contributed by atoms with van der Waals surface area (Å²) in [6.07, 6.45) is 4.60. The van der Waals surface area contributed by atoms with Gasteiger partial charge < -0.3 is 14.2 Å².